The lowest BCUT2D eigenvalue weighted by Crippen LogP contribution is -2.51. The second kappa shape index (κ2) is 9.43. The van der Waals surface area contributed by atoms with Crippen LogP contribution in [0.4, 0.5) is 0 Å². The van der Waals surface area contributed by atoms with Gasteiger partial charge in [0.25, 0.3) is 5.91 Å². The molecule has 1 amide bonds. The third-order valence-electron chi connectivity index (χ3n) is 6.95. The number of amides is 1. The molecule has 7 nitrogen and oxygen atoms in total. The van der Waals surface area contributed by atoms with Crippen molar-refractivity contribution in [2.75, 3.05) is 20.1 Å². The van der Waals surface area contributed by atoms with Gasteiger partial charge in [0.2, 0.25) is 0 Å². The van der Waals surface area contributed by atoms with Crippen LogP contribution in [0.5, 0.6) is 5.75 Å². The number of benzene rings is 1. The molecule has 2 aromatic heterocycles. The van der Waals surface area contributed by atoms with Crippen LogP contribution >= 0.6 is 11.8 Å². The smallest absolute Gasteiger partial charge is 0.254 e. The molecule has 5 rings (SSSR count). The van der Waals surface area contributed by atoms with Gasteiger partial charge in [-0.05, 0) is 51.9 Å². The lowest BCUT2D eigenvalue weighted by molar-refractivity contribution is -0.0195. The average Bonchev–Trinajstić information content (AvgIpc) is 3.17. The number of nitrogens with one attached hydrogen (secondary N) is 1. The Labute approximate surface area is 204 Å². The van der Waals surface area contributed by atoms with Gasteiger partial charge in [-0.1, -0.05) is 23.4 Å². The fourth-order valence-electron chi connectivity index (χ4n) is 4.84. The molecular formula is C26H30N4O3S. The van der Waals surface area contributed by atoms with Gasteiger partial charge in [0, 0.05) is 42.6 Å². The number of ether oxygens (including phenoxy) is 1. The lowest BCUT2D eigenvalue weighted by atomic mass is 9.80. The first-order valence-corrected chi connectivity index (χ1v) is 12.7. The molecule has 2 aliphatic heterocycles. The summed E-state index contributed by atoms with van der Waals surface area (Å²) in [5, 5.41) is 8.04. The van der Waals surface area contributed by atoms with Crippen molar-refractivity contribution in [3.63, 3.8) is 0 Å². The number of hydrogen-bond acceptors (Lipinski definition) is 7. The average molecular weight is 479 g/mol. The van der Waals surface area contributed by atoms with E-state index in [0.717, 1.165) is 60.7 Å². The number of para-hydroxylation sites is 1. The Kier molecular flexibility index (Phi) is 6.36. The van der Waals surface area contributed by atoms with E-state index in [1.165, 1.54) is 11.8 Å². The molecule has 1 atom stereocenters. The molecular weight excluding hydrogens is 448 g/mol. The summed E-state index contributed by atoms with van der Waals surface area (Å²) < 4.78 is 11.8. The van der Waals surface area contributed by atoms with Crippen LogP contribution in [0.25, 0.3) is 0 Å². The molecule has 8 heteroatoms. The van der Waals surface area contributed by atoms with Crippen molar-refractivity contribution < 1.29 is 14.1 Å². The number of thioether (sulfide) groups is 1. The number of aryl methyl sites for hydroxylation is 2. The normalized spacial score (nSPS) is 19.4. The molecule has 0 bridgehead atoms. The molecule has 0 radical (unpaired) electrons. The van der Waals surface area contributed by atoms with E-state index >= 15 is 0 Å². The fraction of sp³-hybridized carbons (Fsp3) is 0.423. The minimum absolute atomic E-state index is 0.110. The Balaban J connectivity index is 1.37. The number of likely N-dealkylation sites (tertiary alicyclic amines) is 1. The molecule has 178 valence electrons. The third kappa shape index (κ3) is 4.57. The molecule has 1 fully saturated rings. The molecule has 0 aliphatic carbocycles. The Hall–Kier alpha value is -2.84. The van der Waals surface area contributed by atoms with Crippen LogP contribution in [-0.4, -0.2) is 46.7 Å². The highest BCUT2D eigenvalue weighted by Gasteiger charge is 2.43. The van der Waals surface area contributed by atoms with Crippen LogP contribution in [0.3, 0.4) is 0 Å². The van der Waals surface area contributed by atoms with E-state index in [0.29, 0.717) is 16.3 Å². The zero-order valence-electron chi connectivity index (χ0n) is 19.8. The van der Waals surface area contributed by atoms with Gasteiger partial charge in [-0.2, -0.15) is 0 Å². The van der Waals surface area contributed by atoms with Crippen LogP contribution in [0.1, 0.15) is 58.2 Å². The van der Waals surface area contributed by atoms with Crippen molar-refractivity contribution in [2.24, 2.45) is 0 Å². The number of nitrogens with zero attached hydrogens (tertiary/aromatic N) is 3. The SMILES string of the molecule is Cc1noc(C)c1CSc1ncccc1C(=O)N[C@H]1CC2(CCN(C)CC2)Oc2ccccc21. The molecule has 1 spiro atoms. The summed E-state index contributed by atoms with van der Waals surface area (Å²) in [5.74, 6) is 2.21. The maximum Gasteiger partial charge on any atom is 0.254 e. The van der Waals surface area contributed by atoms with E-state index < -0.39 is 0 Å². The topological polar surface area (TPSA) is 80.5 Å². The predicted molar refractivity (Wildman–Crippen MR) is 131 cm³/mol. The van der Waals surface area contributed by atoms with E-state index in [1.54, 1.807) is 6.20 Å². The second-order valence-corrected chi connectivity index (χ2v) is 10.3. The summed E-state index contributed by atoms with van der Waals surface area (Å²) in [6, 6.07) is 11.6. The molecule has 0 saturated carbocycles. The summed E-state index contributed by atoms with van der Waals surface area (Å²) in [6.45, 7) is 5.82. The van der Waals surface area contributed by atoms with Gasteiger partial charge in [0.15, 0.2) is 0 Å². The number of hydrogen-bond donors (Lipinski definition) is 1. The fourth-order valence-corrected chi connectivity index (χ4v) is 5.99. The first-order chi connectivity index (χ1) is 16.4. The summed E-state index contributed by atoms with van der Waals surface area (Å²) >= 11 is 1.53. The van der Waals surface area contributed by atoms with Crippen LogP contribution in [0.15, 0.2) is 52.1 Å². The molecule has 0 unspecified atom stereocenters. The molecule has 4 heterocycles. The van der Waals surface area contributed by atoms with E-state index in [-0.39, 0.29) is 17.6 Å². The number of pyridine rings is 1. The molecule has 1 aromatic carbocycles. The van der Waals surface area contributed by atoms with Crippen LogP contribution in [-0.2, 0) is 5.75 Å². The minimum atomic E-state index is -0.241. The Morgan fingerprint density at radius 3 is 2.76 bits per heavy atom. The highest BCUT2D eigenvalue weighted by molar-refractivity contribution is 7.98. The quantitative estimate of drug-likeness (QED) is 0.533. The summed E-state index contributed by atoms with van der Waals surface area (Å²) in [5.41, 5.74) is 3.29. The van der Waals surface area contributed by atoms with Gasteiger partial charge >= 0.3 is 0 Å². The highest BCUT2D eigenvalue weighted by atomic mass is 32.2. The standard InChI is InChI=1S/C26H30N4O3S/c1-17-21(18(2)33-29-17)16-34-25-20(8-6-12-27-25)24(31)28-22-15-26(10-13-30(3)14-11-26)32-23-9-5-4-7-19(22)23/h4-9,12,22H,10-11,13-16H2,1-3H3,(H,28,31)/t22-/m0/s1. The Morgan fingerprint density at radius 1 is 1.21 bits per heavy atom. The maximum atomic E-state index is 13.5. The summed E-state index contributed by atoms with van der Waals surface area (Å²) in [6.07, 6.45) is 4.40. The van der Waals surface area contributed by atoms with Crippen molar-refractivity contribution in [1.82, 2.24) is 20.4 Å². The molecule has 1 N–H and O–H groups in total. The van der Waals surface area contributed by atoms with Crippen molar-refractivity contribution in [2.45, 2.75) is 55.5 Å². The number of fused-ring (bicyclic) bond motifs is 1. The van der Waals surface area contributed by atoms with E-state index in [2.05, 4.69) is 33.5 Å². The van der Waals surface area contributed by atoms with Crippen molar-refractivity contribution in [1.29, 1.82) is 0 Å². The number of aromatic nitrogens is 2. The summed E-state index contributed by atoms with van der Waals surface area (Å²) in [4.78, 5) is 20.4. The molecule has 1 saturated heterocycles. The van der Waals surface area contributed by atoms with Gasteiger partial charge in [0.1, 0.15) is 22.1 Å². The van der Waals surface area contributed by atoms with E-state index in [4.69, 9.17) is 9.26 Å². The molecule has 2 aliphatic rings. The zero-order valence-corrected chi connectivity index (χ0v) is 20.7. The van der Waals surface area contributed by atoms with Gasteiger partial charge in [-0.15, -0.1) is 11.8 Å². The number of piperidine rings is 1. The zero-order chi connectivity index (χ0) is 23.7. The van der Waals surface area contributed by atoms with Gasteiger partial charge in [-0.3, -0.25) is 4.79 Å². The van der Waals surface area contributed by atoms with Crippen LogP contribution < -0.4 is 10.1 Å². The van der Waals surface area contributed by atoms with E-state index in [1.807, 2.05) is 44.2 Å². The first-order valence-electron chi connectivity index (χ1n) is 11.7. The number of carbonyl (C=O) groups is 1. The molecule has 3 aromatic rings. The molecule has 34 heavy (non-hydrogen) atoms. The number of rotatable bonds is 5. The second-order valence-electron chi connectivity index (χ2n) is 9.30. The van der Waals surface area contributed by atoms with Crippen molar-refractivity contribution in [3.05, 3.63) is 70.7 Å². The van der Waals surface area contributed by atoms with Gasteiger partial charge < -0.3 is 19.5 Å². The highest BCUT2D eigenvalue weighted by Crippen LogP contribution is 2.44. The minimum Gasteiger partial charge on any atom is -0.487 e. The number of carbonyl (C=O) groups excluding carboxylic acids is 1. The monoisotopic (exact) mass is 478 g/mol. The van der Waals surface area contributed by atoms with Gasteiger partial charge in [0.05, 0.1) is 17.3 Å². The first kappa shape index (κ1) is 22.9. The predicted octanol–water partition coefficient (Wildman–Crippen LogP) is 4.70. The Bertz CT molecular complexity index is 1170. The van der Waals surface area contributed by atoms with Crippen molar-refractivity contribution >= 4 is 17.7 Å². The van der Waals surface area contributed by atoms with Crippen molar-refractivity contribution in [3.8, 4) is 5.75 Å². The largest absolute Gasteiger partial charge is 0.487 e. The van der Waals surface area contributed by atoms with Crippen LogP contribution in [0.2, 0.25) is 0 Å². The lowest BCUT2D eigenvalue weighted by Gasteiger charge is -2.46. The van der Waals surface area contributed by atoms with Crippen LogP contribution in [0, 0.1) is 13.8 Å². The van der Waals surface area contributed by atoms with E-state index in [9.17, 15) is 4.79 Å². The summed E-state index contributed by atoms with van der Waals surface area (Å²) in [7, 11) is 2.15. The maximum absolute atomic E-state index is 13.5. The van der Waals surface area contributed by atoms with Gasteiger partial charge in [-0.25, -0.2) is 4.98 Å². The third-order valence-corrected chi connectivity index (χ3v) is 7.98. The Morgan fingerprint density at radius 2 is 2.00 bits per heavy atom.